The van der Waals surface area contributed by atoms with Crippen molar-refractivity contribution in [3.05, 3.63) is 29.6 Å². The van der Waals surface area contributed by atoms with E-state index in [9.17, 15) is 9.18 Å². The molecule has 2 atom stereocenters. The van der Waals surface area contributed by atoms with E-state index in [2.05, 4.69) is 10.2 Å². The fourth-order valence-corrected chi connectivity index (χ4v) is 2.49. The van der Waals surface area contributed by atoms with Crippen LogP contribution < -0.4 is 5.32 Å². The molecular formula is C15H21FN2O2. The van der Waals surface area contributed by atoms with Gasteiger partial charge in [0.05, 0.1) is 18.8 Å². The highest BCUT2D eigenvalue weighted by atomic mass is 19.1. The molecule has 1 aromatic rings. The fourth-order valence-electron chi connectivity index (χ4n) is 2.49. The van der Waals surface area contributed by atoms with E-state index in [4.69, 9.17) is 4.74 Å². The van der Waals surface area contributed by atoms with Crippen LogP contribution in [0.4, 0.5) is 10.1 Å². The standard InChI is InChI=1S/C15H21FN2O2/c1-10-4-5-13(6-14(10)16)17-15(19)9-18-7-11(2)20-12(3)8-18/h4-6,11-12H,7-9H2,1-3H3,(H,17,19)/t11-,12-/m0/s1. The third kappa shape index (κ3) is 4.02. The summed E-state index contributed by atoms with van der Waals surface area (Å²) in [5.41, 5.74) is 1.06. The van der Waals surface area contributed by atoms with Gasteiger partial charge in [-0.1, -0.05) is 6.07 Å². The Morgan fingerprint density at radius 2 is 2.05 bits per heavy atom. The van der Waals surface area contributed by atoms with Crippen LogP contribution in [0.3, 0.4) is 0 Å². The van der Waals surface area contributed by atoms with Gasteiger partial charge in [0.1, 0.15) is 5.82 Å². The molecule has 1 aliphatic rings. The zero-order valence-corrected chi connectivity index (χ0v) is 12.1. The summed E-state index contributed by atoms with van der Waals surface area (Å²) in [4.78, 5) is 14.0. The van der Waals surface area contributed by atoms with E-state index < -0.39 is 0 Å². The van der Waals surface area contributed by atoms with Crippen molar-refractivity contribution in [1.29, 1.82) is 0 Å². The van der Waals surface area contributed by atoms with Crippen LogP contribution in [0.2, 0.25) is 0 Å². The maximum atomic E-state index is 13.4. The molecule has 0 aliphatic carbocycles. The molecule has 5 heteroatoms. The van der Waals surface area contributed by atoms with Crippen molar-refractivity contribution < 1.29 is 13.9 Å². The number of aryl methyl sites for hydroxylation is 1. The van der Waals surface area contributed by atoms with Crippen LogP contribution in [-0.4, -0.2) is 42.6 Å². The summed E-state index contributed by atoms with van der Waals surface area (Å²) in [5.74, 6) is -0.439. The van der Waals surface area contributed by atoms with Crippen molar-refractivity contribution in [1.82, 2.24) is 4.90 Å². The second-order valence-electron chi connectivity index (χ2n) is 5.46. The monoisotopic (exact) mass is 280 g/mol. The first-order valence-corrected chi connectivity index (χ1v) is 6.88. The Hall–Kier alpha value is -1.46. The minimum absolute atomic E-state index is 0.128. The third-order valence-corrected chi connectivity index (χ3v) is 3.32. The summed E-state index contributed by atoms with van der Waals surface area (Å²) in [6.45, 7) is 7.46. The first-order valence-electron chi connectivity index (χ1n) is 6.88. The molecule has 1 fully saturated rings. The molecule has 1 amide bonds. The quantitative estimate of drug-likeness (QED) is 0.922. The highest BCUT2D eigenvalue weighted by Gasteiger charge is 2.23. The zero-order valence-electron chi connectivity index (χ0n) is 12.1. The summed E-state index contributed by atoms with van der Waals surface area (Å²) in [6, 6.07) is 4.71. The van der Waals surface area contributed by atoms with Crippen LogP contribution in [0.5, 0.6) is 0 Å². The molecule has 2 rings (SSSR count). The van der Waals surface area contributed by atoms with Crippen LogP contribution in [0, 0.1) is 12.7 Å². The van der Waals surface area contributed by atoms with Crippen molar-refractivity contribution in [3.8, 4) is 0 Å². The maximum Gasteiger partial charge on any atom is 0.238 e. The van der Waals surface area contributed by atoms with Crippen molar-refractivity contribution in [3.63, 3.8) is 0 Å². The van der Waals surface area contributed by atoms with Gasteiger partial charge in [-0.05, 0) is 38.5 Å². The van der Waals surface area contributed by atoms with Crippen LogP contribution in [0.25, 0.3) is 0 Å². The molecule has 0 spiro atoms. The number of ether oxygens (including phenoxy) is 1. The molecule has 1 N–H and O–H groups in total. The maximum absolute atomic E-state index is 13.4. The number of benzene rings is 1. The molecular weight excluding hydrogens is 259 g/mol. The third-order valence-electron chi connectivity index (χ3n) is 3.32. The second-order valence-corrected chi connectivity index (χ2v) is 5.46. The van der Waals surface area contributed by atoms with Gasteiger partial charge >= 0.3 is 0 Å². The molecule has 4 nitrogen and oxygen atoms in total. The van der Waals surface area contributed by atoms with Crippen LogP contribution in [0.1, 0.15) is 19.4 Å². The van der Waals surface area contributed by atoms with Crippen LogP contribution >= 0.6 is 0 Å². The topological polar surface area (TPSA) is 41.6 Å². The van der Waals surface area contributed by atoms with Crippen molar-refractivity contribution in [2.45, 2.75) is 33.0 Å². The number of rotatable bonds is 3. The first kappa shape index (κ1) is 14.9. The lowest BCUT2D eigenvalue weighted by atomic mass is 10.2. The number of carbonyl (C=O) groups excluding carboxylic acids is 1. The highest BCUT2D eigenvalue weighted by molar-refractivity contribution is 5.92. The van der Waals surface area contributed by atoms with Gasteiger partial charge in [0.2, 0.25) is 5.91 Å². The summed E-state index contributed by atoms with van der Waals surface area (Å²) in [5, 5.41) is 2.73. The molecule has 1 heterocycles. The Labute approximate surface area is 118 Å². The molecule has 20 heavy (non-hydrogen) atoms. The molecule has 0 bridgehead atoms. The summed E-state index contributed by atoms with van der Waals surface area (Å²) >= 11 is 0. The number of anilines is 1. The largest absolute Gasteiger partial charge is 0.373 e. The second kappa shape index (κ2) is 6.33. The smallest absolute Gasteiger partial charge is 0.238 e. The van der Waals surface area contributed by atoms with Gasteiger partial charge in [0.25, 0.3) is 0 Å². The summed E-state index contributed by atoms with van der Waals surface area (Å²) < 4.78 is 19.0. The van der Waals surface area contributed by atoms with Crippen LogP contribution in [0.15, 0.2) is 18.2 Å². The Kier molecular flexibility index (Phi) is 4.73. The normalized spacial score (nSPS) is 23.6. The van der Waals surface area contributed by atoms with Crippen molar-refractivity contribution in [2.75, 3.05) is 25.0 Å². The van der Waals surface area contributed by atoms with Crippen LogP contribution in [-0.2, 0) is 9.53 Å². The SMILES string of the molecule is Cc1ccc(NC(=O)CN2C[C@H](C)O[C@@H](C)C2)cc1F. The molecule has 0 aromatic heterocycles. The minimum Gasteiger partial charge on any atom is -0.373 e. The van der Waals surface area contributed by atoms with Gasteiger partial charge in [0, 0.05) is 18.8 Å². The van der Waals surface area contributed by atoms with E-state index in [-0.39, 0.29) is 23.9 Å². The Morgan fingerprint density at radius 1 is 1.40 bits per heavy atom. The molecule has 110 valence electrons. The van der Waals surface area contributed by atoms with Gasteiger partial charge in [-0.3, -0.25) is 9.69 Å². The zero-order chi connectivity index (χ0) is 14.7. The average molecular weight is 280 g/mol. The average Bonchev–Trinajstić information content (AvgIpc) is 2.32. The van der Waals surface area contributed by atoms with E-state index >= 15 is 0 Å². The van der Waals surface area contributed by atoms with Gasteiger partial charge in [-0.25, -0.2) is 4.39 Å². The molecule has 0 radical (unpaired) electrons. The molecule has 0 unspecified atom stereocenters. The van der Waals surface area contributed by atoms with E-state index in [0.717, 1.165) is 13.1 Å². The van der Waals surface area contributed by atoms with E-state index in [1.165, 1.54) is 6.07 Å². The molecule has 1 aliphatic heterocycles. The molecule has 1 saturated heterocycles. The number of morpholine rings is 1. The predicted molar refractivity (Wildman–Crippen MR) is 76.2 cm³/mol. The Balaban J connectivity index is 1.90. The number of nitrogens with one attached hydrogen (secondary N) is 1. The number of hydrogen-bond donors (Lipinski definition) is 1. The number of amides is 1. The highest BCUT2D eigenvalue weighted by Crippen LogP contribution is 2.14. The Morgan fingerprint density at radius 3 is 2.65 bits per heavy atom. The number of carbonyl (C=O) groups is 1. The molecule has 0 saturated carbocycles. The lowest BCUT2D eigenvalue weighted by molar-refractivity contribution is -0.121. The predicted octanol–water partition coefficient (Wildman–Crippen LogP) is 2.18. The van der Waals surface area contributed by atoms with Crippen molar-refractivity contribution in [2.24, 2.45) is 0 Å². The van der Waals surface area contributed by atoms with E-state index in [0.29, 0.717) is 17.8 Å². The number of hydrogen-bond acceptors (Lipinski definition) is 3. The van der Waals surface area contributed by atoms with Gasteiger partial charge in [-0.2, -0.15) is 0 Å². The lowest BCUT2D eigenvalue weighted by Gasteiger charge is -2.34. The number of nitrogens with zero attached hydrogens (tertiary/aromatic N) is 1. The lowest BCUT2D eigenvalue weighted by Crippen LogP contribution is -2.48. The van der Waals surface area contributed by atoms with Gasteiger partial charge in [0.15, 0.2) is 0 Å². The Bertz CT molecular complexity index is 483. The summed E-state index contributed by atoms with van der Waals surface area (Å²) in [6.07, 6.45) is 0.256. The van der Waals surface area contributed by atoms with Gasteiger partial charge < -0.3 is 10.1 Å². The minimum atomic E-state index is -0.309. The van der Waals surface area contributed by atoms with E-state index in [1.54, 1.807) is 19.1 Å². The summed E-state index contributed by atoms with van der Waals surface area (Å²) in [7, 11) is 0. The first-order chi connectivity index (χ1) is 9.44. The fraction of sp³-hybridized carbons (Fsp3) is 0.533. The van der Waals surface area contributed by atoms with E-state index in [1.807, 2.05) is 13.8 Å². The van der Waals surface area contributed by atoms with Crippen molar-refractivity contribution >= 4 is 11.6 Å². The van der Waals surface area contributed by atoms with Gasteiger partial charge in [-0.15, -0.1) is 0 Å². The molecule has 1 aromatic carbocycles. The number of halogens is 1.